The summed E-state index contributed by atoms with van der Waals surface area (Å²) < 4.78 is 17.9. The molecule has 2 aromatic carbocycles. The van der Waals surface area contributed by atoms with Gasteiger partial charge in [0.2, 0.25) is 0 Å². The monoisotopic (exact) mass is 541 g/mol. The van der Waals surface area contributed by atoms with Gasteiger partial charge in [0.15, 0.2) is 4.90 Å². The quantitative estimate of drug-likeness (QED) is 0.135. The number of nitrogens with zero attached hydrogens (tertiary/aromatic N) is 2. The number of carbonyl (C=O) groups is 2. The van der Waals surface area contributed by atoms with Crippen LogP contribution in [-0.2, 0) is 25.5 Å². The number of aliphatic carboxylic acids is 1. The number of carboxylic acids is 1. The molecule has 0 saturated heterocycles. The van der Waals surface area contributed by atoms with Gasteiger partial charge in [-0.15, -0.1) is 0 Å². The van der Waals surface area contributed by atoms with Crippen molar-refractivity contribution in [2.75, 3.05) is 32.5 Å². The van der Waals surface area contributed by atoms with Gasteiger partial charge in [-0.05, 0) is 56.2 Å². The Kier molecular flexibility index (Phi) is 10.1. The maximum atomic E-state index is 13.2. The van der Waals surface area contributed by atoms with Crippen molar-refractivity contribution in [3.8, 4) is 0 Å². The normalized spacial score (nSPS) is 16.3. The summed E-state index contributed by atoms with van der Waals surface area (Å²) in [5.41, 5.74) is 0.904. The van der Waals surface area contributed by atoms with Crippen LogP contribution in [0.1, 0.15) is 31.7 Å². The SMILES string of the molecule is CC1=C(C(=O)O)C(c2cccc([N+](=O)[O-])c2)C(C(=O)OCCCN(C)CC[S+]([O-])c2ccccc2)=C(C)N1. The number of carboxylic acid groups (broad SMARTS) is 1. The number of carbonyl (C=O) groups excluding carboxylic acids is 1. The van der Waals surface area contributed by atoms with Gasteiger partial charge in [0, 0.05) is 36.6 Å². The number of nitro benzene ring substituents is 1. The van der Waals surface area contributed by atoms with Gasteiger partial charge in [-0.3, -0.25) is 10.1 Å². The third kappa shape index (κ3) is 7.21. The summed E-state index contributed by atoms with van der Waals surface area (Å²) in [6.07, 6.45) is 0.516. The van der Waals surface area contributed by atoms with E-state index in [1.807, 2.05) is 42.3 Å². The lowest BCUT2D eigenvalue weighted by Crippen LogP contribution is -2.32. The zero-order chi connectivity index (χ0) is 27.8. The van der Waals surface area contributed by atoms with E-state index in [-0.39, 0.29) is 23.4 Å². The minimum absolute atomic E-state index is 0.0748. The maximum Gasteiger partial charge on any atom is 0.336 e. The van der Waals surface area contributed by atoms with E-state index in [9.17, 15) is 29.4 Å². The Balaban J connectivity index is 1.64. The average Bonchev–Trinajstić information content (AvgIpc) is 2.89. The Labute approximate surface area is 224 Å². The van der Waals surface area contributed by atoms with Gasteiger partial charge in [-0.25, -0.2) is 9.59 Å². The van der Waals surface area contributed by atoms with Crippen LogP contribution in [0.25, 0.3) is 0 Å². The molecule has 0 radical (unpaired) electrons. The zero-order valence-electron chi connectivity index (χ0n) is 21.5. The minimum atomic E-state index is -1.24. The number of esters is 1. The molecule has 0 fully saturated rings. The summed E-state index contributed by atoms with van der Waals surface area (Å²) in [4.78, 5) is 38.9. The molecule has 0 amide bonds. The lowest BCUT2D eigenvalue weighted by atomic mass is 9.80. The van der Waals surface area contributed by atoms with Crippen molar-refractivity contribution in [2.24, 2.45) is 0 Å². The molecule has 38 heavy (non-hydrogen) atoms. The Morgan fingerprint density at radius 2 is 1.76 bits per heavy atom. The fourth-order valence-corrected chi connectivity index (χ4v) is 5.49. The van der Waals surface area contributed by atoms with Crippen LogP contribution >= 0.6 is 0 Å². The number of benzene rings is 2. The number of nitrogens with one attached hydrogen (secondary N) is 1. The second kappa shape index (κ2) is 13.2. The van der Waals surface area contributed by atoms with Gasteiger partial charge in [0.1, 0.15) is 5.75 Å². The summed E-state index contributed by atoms with van der Waals surface area (Å²) in [5.74, 6) is -2.48. The molecule has 0 aliphatic carbocycles. The van der Waals surface area contributed by atoms with Crippen molar-refractivity contribution in [2.45, 2.75) is 31.1 Å². The van der Waals surface area contributed by atoms with E-state index >= 15 is 0 Å². The third-order valence-electron chi connectivity index (χ3n) is 6.21. The molecule has 2 N–H and O–H groups in total. The number of nitro groups is 1. The third-order valence-corrected chi connectivity index (χ3v) is 7.56. The number of hydrogen-bond donors (Lipinski definition) is 2. The van der Waals surface area contributed by atoms with Crippen molar-refractivity contribution in [3.63, 3.8) is 0 Å². The van der Waals surface area contributed by atoms with Crippen LogP contribution in [0.5, 0.6) is 0 Å². The van der Waals surface area contributed by atoms with Crippen LogP contribution in [-0.4, -0.2) is 63.9 Å². The zero-order valence-corrected chi connectivity index (χ0v) is 22.3. The first-order valence-corrected chi connectivity index (χ1v) is 13.4. The first-order valence-electron chi connectivity index (χ1n) is 12.1. The van der Waals surface area contributed by atoms with Gasteiger partial charge in [-0.1, -0.05) is 30.3 Å². The van der Waals surface area contributed by atoms with Crippen molar-refractivity contribution in [3.05, 3.63) is 92.8 Å². The van der Waals surface area contributed by atoms with E-state index < -0.39 is 34.0 Å². The highest BCUT2D eigenvalue weighted by Crippen LogP contribution is 2.39. The molecule has 1 aliphatic heterocycles. The summed E-state index contributed by atoms with van der Waals surface area (Å²) >= 11 is -1.10. The van der Waals surface area contributed by atoms with E-state index in [2.05, 4.69) is 5.32 Å². The van der Waals surface area contributed by atoms with Gasteiger partial charge in [-0.2, -0.15) is 0 Å². The van der Waals surface area contributed by atoms with Crippen molar-refractivity contribution in [1.82, 2.24) is 10.2 Å². The van der Waals surface area contributed by atoms with Crippen LogP contribution in [0.3, 0.4) is 0 Å². The van der Waals surface area contributed by atoms with Gasteiger partial charge >= 0.3 is 11.9 Å². The molecule has 1 heterocycles. The number of non-ortho nitro benzene ring substituents is 1. The van der Waals surface area contributed by atoms with Crippen molar-refractivity contribution in [1.29, 1.82) is 0 Å². The second-order valence-corrected chi connectivity index (χ2v) is 10.5. The van der Waals surface area contributed by atoms with Crippen LogP contribution in [0.4, 0.5) is 5.69 Å². The number of dihydropyridines is 1. The highest BCUT2D eigenvalue weighted by Gasteiger charge is 2.37. The lowest BCUT2D eigenvalue weighted by Gasteiger charge is -2.29. The number of hydrogen-bond acceptors (Lipinski definition) is 8. The number of allylic oxidation sites excluding steroid dienone is 2. The lowest BCUT2D eigenvalue weighted by molar-refractivity contribution is -0.384. The Morgan fingerprint density at radius 3 is 2.42 bits per heavy atom. The average molecular weight is 542 g/mol. The van der Waals surface area contributed by atoms with Crippen LogP contribution in [0.2, 0.25) is 0 Å². The summed E-state index contributed by atoms with van der Waals surface area (Å²) in [6.45, 7) is 4.52. The van der Waals surface area contributed by atoms with Crippen LogP contribution in [0.15, 0.2) is 82.0 Å². The molecule has 2 atom stereocenters. The van der Waals surface area contributed by atoms with E-state index in [0.29, 0.717) is 42.2 Å². The van der Waals surface area contributed by atoms with E-state index in [4.69, 9.17) is 4.74 Å². The molecule has 0 bridgehead atoms. The highest BCUT2D eigenvalue weighted by molar-refractivity contribution is 7.91. The largest absolute Gasteiger partial charge is 0.611 e. The maximum absolute atomic E-state index is 13.2. The smallest absolute Gasteiger partial charge is 0.336 e. The molecule has 2 unspecified atom stereocenters. The topological polar surface area (TPSA) is 145 Å². The van der Waals surface area contributed by atoms with Gasteiger partial charge in [0.25, 0.3) is 5.69 Å². The Bertz CT molecular complexity index is 1250. The fraction of sp³-hybridized carbons (Fsp3) is 0.333. The standard InChI is InChI=1S/C27H31N3O7S/c1-18-23(26(31)32)25(20-9-7-10-21(17-20)30(34)35)24(19(2)28-18)27(33)37-15-8-13-29(3)14-16-38(36)22-11-5-4-6-12-22/h4-7,9-12,17,25,28H,8,13-16H2,1-3H3,(H,31,32). The van der Waals surface area contributed by atoms with Crippen molar-refractivity contribution < 1.29 is 28.9 Å². The molecule has 0 spiro atoms. The van der Waals surface area contributed by atoms with Crippen LogP contribution < -0.4 is 5.32 Å². The molecule has 0 aromatic heterocycles. The highest BCUT2D eigenvalue weighted by atomic mass is 32.2. The molecular weight excluding hydrogens is 510 g/mol. The van der Waals surface area contributed by atoms with Crippen molar-refractivity contribution >= 4 is 28.8 Å². The van der Waals surface area contributed by atoms with Crippen LogP contribution in [0, 0.1) is 10.1 Å². The predicted molar refractivity (Wildman–Crippen MR) is 143 cm³/mol. The van der Waals surface area contributed by atoms with Gasteiger partial charge < -0.3 is 24.6 Å². The molecule has 2 aromatic rings. The summed E-state index contributed by atoms with van der Waals surface area (Å²) in [7, 11) is 1.90. The van der Waals surface area contributed by atoms with E-state index in [1.54, 1.807) is 19.9 Å². The predicted octanol–water partition coefficient (Wildman–Crippen LogP) is 3.59. The van der Waals surface area contributed by atoms with E-state index in [1.165, 1.54) is 18.2 Å². The summed E-state index contributed by atoms with van der Waals surface area (Å²) in [5, 5.41) is 24.2. The molecule has 1 aliphatic rings. The Morgan fingerprint density at radius 1 is 1.08 bits per heavy atom. The first kappa shape index (κ1) is 28.9. The molecule has 10 nitrogen and oxygen atoms in total. The van der Waals surface area contributed by atoms with E-state index in [0.717, 1.165) is 4.90 Å². The second-order valence-electron chi connectivity index (χ2n) is 8.95. The molecule has 202 valence electrons. The van der Waals surface area contributed by atoms with Gasteiger partial charge in [0.05, 0.1) is 28.6 Å². The number of rotatable bonds is 12. The minimum Gasteiger partial charge on any atom is -0.611 e. The molecule has 3 rings (SSSR count). The molecular formula is C27H31N3O7S. The number of ether oxygens (including phenoxy) is 1. The molecule has 11 heteroatoms. The summed E-state index contributed by atoms with van der Waals surface area (Å²) in [6, 6.07) is 14.9. The fourth-order valence-electron chi connectivity index (χ4n) is 4.32. The first-order chi connectivity index (χ1) is 18.1. The molecule has 0 saturated carbocycles. The Hall–Kier alpha value is -3.67.